The maximum Gasteiger partial charge on any atom is 0.297 e. The van der Waals surface area contributed by atoms with E-state index in [-0.39, 0.29) is 36.8 Å². The van der Waals surface area contributed by atoms with Gasteiger partial charge in [0.25, 0.3) is 80.9 Å². The Balaban J connectivity index is 0.00000741. The van der Waals surface area contributed by atoms with Gasteiger partial charge in [-0.25, -0.2) is 9.97 Å². The van der Waals surface area contributed by atoms with Crippen LogP contribution < -0.4 is 0 Å². The Morgan fingerprint density at radius 1 is 0.478 bits per heavy atom. The molecule has 0 radical (unpaired) electrons. The van der Waals surface area contributed by atoms with Gasteiger partial charge in [-0.3, -0.25) is 36.4 Å². The zero-order valence-corrected chi connectivity index (χ0v) is 41.4. The summed E-state index contributed by atoms with van der Waals surface area (Å²) in [7, 11) is -57.9. The van der Waals surface area contributed by atoms with Gasteiger partial charge in [0.1, 0.15) is 29.4 Å². The molecule has 0 saturated heterocycles. The van der Waals surface area contributed by atoms with E-state index in [0.29, 0.717) is 22.6 Å². The first-order valence-electron chi connectivity index (χ1n) is 16.6. The Morgan fingerprint density at radius 3 is 1.30 bits per heavy atom. The zero-order chi connectivity index (χ0) is 49.5. The minimum absolute atomic E-state index is 0. The quantitative estimate of drug-likeness (QED) is 0.0710. The first-order valence-corrected chi connectivity index (χ1v) is 28.2. The van der Waals surface area contributed by atoms with Gasteiger partial charge in [0.2, 0.25) is 0 Å². The molecule has 4 aromatic rings. The molecule has 7 rings (SSSR count). The average molecular weight is 1140 g/mol. The van der Waals surface area contributed by atoms with Crippen molar-refractivity contribution in [3.63, 3.8) is 0 Å². The molecule has 5 heterocycles. The number of hydrogen-bond donors (Lipinski definition) is 10. The van der Waals surface area contributed by atoms with E-state index in [1.54, 1.807) is 12.1 Å². The van der Waals surface area contributed by atoms with Crippen LogP contribution in [0.5, 0.6) is 0 Å². The average Bonchev–Trinajstić information content (AvgIpc) is 3.92. The summed E-state index contributed by atoms with van der Waals surface area (Å²) in [5.41, 5.74) is -9.36. The predicted octanol–water partition coefficient (Wildman–Crippen LogP) is 0.508. The molecule has 37 heteroatoms. The summed E-state index contributed by atoms with van der Waals surface area (Å²) in [5, 5.41) is -4.76. The fraction of sp³-hybridized carbons (Fsp3) is 0.0667. The van der Waals surface area contributed by atoms with Crippen LogP contribution >= 0.6 is 0 Å². The Hall–Kier alpha value is -4.54. The fourth-order valence-electron chi connectivity index (χ4n) is 7.59. The molecule has 2 aliphatic heterocycles. The van der Waals surface area contributed by atoms with Gasteiger partial charge in [-0.2, -0.15) is 67.3 Å². The fourth-order valence-corrected chi connectivity index (χ4v) is 19.0. The van der Waals surface area contributed by atoms with E-state index >= 15 is 0 Å². The summed E-state index contributed by atoms with van der Waals surface area (Å²) in [6, 6.07) is 10.3. The van der Waals surface area contributed by atoms with Gasteiger partial charge < -0.3 is 9.97 Å². The molecule has 2 atom stereocenters. The molecule has 0 fully saturated rings. The largest absolute Gasteiger partial charge is 0.355 e. The number of nitrogens with one attached hydrogen (secondary N) is 2. The smallest absolute Gasteiger partial charge is 0.297 e. The van der Waals surface area contributed by atoms with Crippen molar-refractivity contribution in [3.05, 3.63) is 87.3 Å². The van der Waals surface area contributed by atoms with E-state index in [2.05, 4.69) is 19.9 Å². The number of aromatic amines is 2. The third-order valence-corrected chi connectivity index (χ3v) is 18.7. The van der Waals surface area contributed by atoms with Crippen LogP contribution in [0.3, 0.4) is 0 Å². The van der Waals surface area contributed by atoms with E-state index < -0.39 is 154 Å². The molecule has 356 valence electrons. The third-order valence-electron chi connectivity index (χ3n) is 9.59. The predicted molar refractivity (Wildman–Crippen MR) is 222 cm³/mol. The number of benzene rings is 1. The summed E-state index contributed by atoms with van der Waals surface area (Å²) in [5.74, 6) is 0. The maximum atomic E-state index is 14.5. The summed E-state index contributed by atoms with van der Waals surface area (Å²) in [6.07, 6.45) is 2.56. The van der Waals surface area contributed by atoms with Crippen LogP contribution in [0, 0.1) is 0 Å². The second kappa shape index (κ2) is 16.0. The van der Waals surface area contributed by atoms with E-state index in [1.807, 2.05) is 0 Å². The van der Waals surface area contributed by atoms with E-state index in [0.717, 1.165) is 12.1 Å². The number of nitrogens with zero attached hydrogens (tertiary/aromatic N) is 2. The molecule has 3 aromatic heterocycles. The van der Waals surface area contributed by atoms with Crippen LogP contribution in [0.15, 0.2) is 73.0 Å². The van der Waals surface area contributed by atoms with Crippen molar-refractivity contribution < 1.29 is 123 Å². The van der Waals surface area contributed by atoms with Crippen molar-refractivity contribution in [3.8, 4) is 0 Å². The van der Waals surface area contributed by atoms with Crippen molar-refractivity contribution in [1.82, 2.24) is 19.9 Å². The molecule has 10 N–H and O–H groups in total. The van der Waals surface area contributed by atoms with Gasteiger partial charge in [-0.1, -0.05) is 0 Å². The molecule has 2 unspecified atom stereocenters. The van der Waals surface area contributed by atoms with Gasteiger partial charge in [-0.15, -0.1) is 0 Å². The Morgan fingerprint density at radius 2 is 0.896 bits per heavy atom. The summed E-state index contributed by atoms with van der Waals surface area (Å²) >= 11 is 0. The van der Waals surface area contributed by atoms with E-state index in [1.165, 1.54) is 30.3 Å². The van der Waals surface area contributed by atoms with Crippen LogP contribution in [-0.4, -0.2) is 129 Å². The van der Waals surface area contributed by atoms with Gasteiger partial charge in [0, 0.05) is 58.2 Å². The first-order chi connectivity index (χ1) is 29.8. The van der Waals surface area contributed by atoms with Crippen molar-refractivity contribution in [2.24, 2.45) is 0 Å². The van der Waals surface area contributed by atoms with Gasteiger partial charge in [0.05, 0.1) is 22.8 Å². The second-order valence-electron chi connectivity index (χ2n) is 13.8. The number of fused-ring (bicyclic) bond motifs is 9. The molecular formula is C30H22N4O24S8Zn. The maximum absolute atomic E-state index is 14.5. The summed E-state index contributed by atoms with van der Waals surface area (Å²) < 4.78 is 296. The molecular weight excluding hydrogens is 1120 g/mol. The number of hydrogen-bond acceptors (Lipinski definition) is 18. The Labute approximate surface area is 389 Å². The van der Waals surface area contributed by atoms with Gasteiger partial charge in [0.15, 0.2) is 10.00 Å². The SMILES string of the molecule is O=S(=O)(O)C1=C(S(=O)(=O)O)C(S(=O)(=O)O)C(C2=Cc3cc4ccc(cc5ccc(cc6nc(cc2n3)C=C6)[nH]5)[nH]4)(S(=O)(=O)O)c2c1c(S(=O)(=O)O)c(S(=O)(=O)O)c(S(=O)(=O)O)c2S(=O)(=O)O.[Zn]. The van der Waals surface area contributed by atoms with Gasteiger partial charge >= 0.3 is 0 Å². The minimum atomic E-state index is -7.48. The molecule has 67 heavy (non-hydrogen) atoms. The van der Waals surface area contributed by atoms with Crippen molar-refractivity contribution in [2.75, 3.05) is 0 Å². The molecule has 0 spiro atoms. The van der Waals surface area contributed by atoms with Crippen molar-refractivity contribution >= 4 is 132 Å². The number of aromatic nitrogens is 4. The van der Waals surface area contributed by atoms with Crippen LogP contribution in [0.1, 0.15) is 33.9 Å². The van der Waals surface area contributed by atoms with Crippen LogP contribution in [0.2, 0.25) is 0 Å². The minimum Gasteiger partial charge on any atom is -0.355 e. The summed E-state index contributed by atoms with van der Waals surface area (Å²) in [4.78, 5) is -5.57. The summed E-state index contributed by atoms with van der Waals surface area (Å²) in [6.45, 7) is 0. The van der Waals surface area contributed by atoms with Crippen LogP contribution in [-0.2, 0) is 105 Å². The van der Waals surface area contributed by atoms with Gasteiger partial charge in [-0.05, 0) is 66.8 Å². The standard InChI is InChI=1S/C30H22N4O24S8.Zn/c35-59(36,37)23-21-22(25(61(41,42)43)27(63(47,48)49)26(23)62(44,45)46)30(66(56,57)58,29(65(53,54)55)28(64(50,51)52)24(21)60(38,39)40)19-10-18-9-16-4-3-14(32-16)7-12-1-2-13(31-12)8-15-5-6-17(33-15)11-20(19)34-18;/h1-11,29,31-32H,(H,35,36,37)(H,38,39,40)(H,41,42,43)(H,44,45,46)(H,47,48,49)(H,50,51,52)(H,53,54,55)(H,56,57,58);. The van der Waals surface area contributed by atoms with E-state index in [9.17, 15) is 104 Å². The molecule has 1 aromatic carbocycles. The molecule has 28 nitrogen and oxygen atoms in total. The topological polar surface area (TPSA) is 492 Å². The zero-order valence-electron chi connectivity index (χ0n) is 31.9. The molecule has 0 saturated carbocycles. The third kappa shape index (κ3) is 8.99. The molecule has 3 aliphatic rings. The Bertz CT molecular complexity index is 4160. The van der Waals surface area contributed by atoms with Crippen LogP contribution in [0.25, 0.3) is 50.8 Å². The van der Waals surface area contributed by atoms with E-state index in [4.69, 9.17) is 0 Å². The molecule has 1 aliphatic carbocycles. The monoisotopic (exact) mass is 1140 g/mol. The Kier molecular flexibility index (Phi) is 12.4. The van der Waals surface area contributed by atoms with Crippen molar-refractivity contribution in [2.45, 2.75) is 29.6 Å². The molecule has 0 amide bonds. The first kappa shape index (κ1) is 51.8. The normalized spacial score (nSPS) is 18.6. The molecule has 8 bridgehead atoms. The second-order valence-corrected chi connectivity index (χ2v) is 25.1. The van der Waals surface area contributed by atoms with Crippen molar-refractivity contribution in [1.29, 1.82) is 0 Å². The van der Waals surface area contributed by atoms with Crippen LogP contribution in [0.4, 0.5) is 0 Å². The number of H-pyrrole nitrogens is 2. The number of rotatable bonds is 9.